The number of thioether (sulfide) groups is 1. The van der Waals surface area contributed by atoms with E-state index in [0.29, 0.717) is 5.25 Å². The summed E-state index contributed by atoms with van der Waals surface area (Å²) >= 11 is 8.48. The van der Waals surface area contributed by atoms with Crippen LogP contribution >= 0.6 is 23.4 Å². The van der Waals surface area contributed by atoms with Gasteiger partial charge in [-0.1, -0.05) is 24.6 Å². The smallest absolute Gasteiger partial charge is 0.0642 e. The van der Waals surface area contributed by atoms with Crippen molar-refractivity contribution in [1.29, 1.82) is 0 Å². The zero-order valence-electron chi connectivity index (χ0n) is 12.2. The summed E-state index contributed by atoms with van der Waals surface area (Å²) in [6.07, 6.45) is 0. The standard InChI is InChI=1S/C15H23ClN2OS/c1-12-11-18(6-8-20-12)15-4-3-13(9-14(15)16)10-17-5-7-19-2/h3-4,9,12,17H,5-8,10-11H2,1-2H3. The van der Waals surface area contributed by atoms with Crippen molar-refractivity contribution in [3.8, 4) is 0 Å². The lowest BCUT2D eigenvalue weighted by molar-refractivity contribution is 0.199. The third-order valence-corrected chi connectivity index (χ3v) is 4.85. The number of hydrogen-bond acceptors (Lipinski definition) is 4. The molecule has 0 aromatic heterocycles. The molecule has 3 nitrogen and oxygen atoms in total. The van der Waals surface area contributed by atoms with Gasteiger partial charge in [0.15, 0.2) is 0 Å². The van der Waals surface area contributed by atoms with Crippen LogP contribution in [0.3, 0.4) is 0 Å². The third kappa shape index (κ3) is 4.55. The predicted molar refractivity (Wildman–Crippen MR) is 89.2 cm³/mol. The Morgan fingerprint density at radius 1 is 1.50 bits per heavy atom. The summed E-state index contributed by atoms with van der Waals surface area (Å²) < 4.78 is 5.01. The van der Waals surface area contributed by atoms with Gasteiger partial charge in [-0.25, -0.2) is 0 Å². The van der Waals surface area contributed by atoms with E-state index >= 15 is 0 Å². The molecule has 0 bridgehead atoms. The fraction of sp³-hybridized carbons (Fsp3) is 0.600. The predicted octanol–water partition coefficient (Wildman–Crippen LogP) is 3.02. The van der Waals surface area contributed by atoms with Gasteiger partial charge in [-0.3, -0.25) is 0 Å². The minimum atomic E-state index is 0.676. The maximum absolute atomic E-state index is 6.45. The van der Waals surface area contributed by atoms with Gasteiger partial charge in [-0.15, -0.1) is 0 Å². The molecule has 5 heteroatoms. The van der Waals surface area contributed by atoms with E-state index in [2.05, 4.69) is 35.3 Å². The van der Waals surface area contributed by atoms with Crippen LogP contribution in [0.2, 0.25) is 5.02 Å². The maximum atomic E-state index is 6.45. The van der Waals surface area contributed by atoms with Crippen molar-refractivity contribution in [2.24, 2.45) is 0 Å². The van der Waals surface area contributed by atoms with Gasteiger partial charge in [-0.2, -0.15) is 11.8 Å². The van der Waals surface area contributed by atoms with E-state index < -0.39 is 0 Å². The van der Waals surface area contributed by atoms with Crippen molar-refractivity contribution >= 4 is 29.1 Å². The number of nitrogens with one attached hydrogen (secondary N) is 1. The number of hydrogen-bond donors (Lipinski definition) is 1. The fourth-order valence-corrected chi connectivity index (χ4v) is 3.70. The highest BCUT2D eigenvalue weighted by Gasteiger charge is 2.18. The van der Waals surface area contributed by atoms with Gasteiger partial charge in [0.25, 0.3) is 0 Å². The summed E-state index contributed by atoms with van der Waals surface area (Å²) in [5.41, 5.74) is 2.38. The second-order valence-electron chi connectivity index (χ2n) is 5.08. The lowest BCUT2D eigenvalue weighted by Gasteiger charge is -2.33. The van der Waals surface area contributed by atoms with Crippen LogP contribution < -0.4 is 10.2 Å². The van der Waals surface area contributed by atoms with Crippen LogP contribution in [0.15, 0.2) is 18.2 Å². The lowest BCUT2D eigenvalue weighted by atomic mass is 10.2. The summed E-state index contributed by atoms with van der Waals surface area (Å²) in [6.45, 7) is 6.86. The molecule has 0 spiro atoms. The molecule has 112 valence electrons. The molecule has 1 atom stereocenters. The van der Waals surface area contributed by atoms with E-state index in [-0.39, 0.29) is 0 Å². The van der Waals surface area contributed by atoms with Crippen molar-refractivity contribution in [2.75, 3.05) is 44.0 Å². The number of ether oxygens (including phenoxy) is 1. The van der Waals surface area contributed by atoms with E-state index in [0.717, 1.165) is 37.8 Å². The van der Waals surface area contributed by atoms with E-state index in [1.807, 2.05) is 11.8 Å². The first-order valence-electron chi connectivity index (χ1n) is 7.05. The minimum absolute atomic E-state index is 0.676. The second kappa shape index (κ2) is 8.13. The van der Waals surface area contributed by atoms with Gasteiger partial charge in [-0.05, 0) is 17.7 Å². The number of nitrogens with zero attached hydrogens (tertiary/aromatic N) is 1. The first kappa shape index (κ1) is 16.0. The Morgan fingerprint density at radius 2 is 2.35 bits per heavy atom. The number of halogens is 1. The topological polar surface area (TPSA) is 24.5 Å². The van der Waals surface area contributed by atoms with Crippen molar-refractivity contribution < 1.29 is 4.74 Å². The van der Waals surface area contributed by atoms with Gasteiger partial charge in [0.1, 0.15) is 0 Å². The molecule has 2 rings (SSSR count). The van der Waals surface area contributed by atoms with Gasteiger partial charge in [0.05, 0.1) is 17.3 Å². The van der Waals surface area contributed by atoms with Crippen LogP contribution in [0.5, 0.6) is 0 Å². The number of benzene rings is 1. The average molecular weight is 315 g/mol. The van der Waals surface area contributed by atoms with E-state index in [9.17, 15) is 0 Å². The molecule has 1 unspecified atom stereocenters. The van der Waals surface area contributed by atoms with Gasteiger partial charge in [0.2, 0.25) is 0 Å². The zero-order valence-corrected chi connectivity index (χ0v) is 13.8. The molecule has 20 heavy (non-hydrogen) atoms. The molecule has 1 aromatic carbocycles. The molecule has 1 heterocycles. The van der Waals surface area contributed by atoms with Crippen LogP contribution in [-0.2, 0) is 11.3 Å². The molecule has 1 aromatic rings. The third-order valence-electron chi connectivity index (χ3n) is 3.41. The minimum Gasteiger partial charge on any atom is -0.383 e. The number of methoxy groups -OCH3 is 1. The van der Waals surface area contributed by atoms with E-state index in [1.165, 1.54) is 17.0 Å². The Kier molecular flexibility index (Phi) is 6.49. The van der Waals surface area contributed by atoms with Gasteiger partial charge in [0, 0.05) is 44.3 Å². The normalized spacial score (nSPS) is 19.4. The maximum Gasteiger partial charge on any atom is 0.0642 e. The summed E-state index contributed by atoms with van der Waals surface area (Å²) in [6, 6.07) is 6.38. The average Bonchev–Trinajstić information content (AvgIpc) is 2.44. The van der Waals surface area contributed by atoms with Crippen LogP contribution in [0.25, 0.3) is 0 Å². The Balaban J connectivity index is 1.95. The quantitative estimate of drug-likeness (QED) is 0.816. The van der Waals surface area contributed by atoms with Crippen LogP contribution in [0, 0.1) is 0 Å². The fourth-order valence-electron chi connectivity index (χ4n) is 2.36. The first-order valence-corrected chi connectivity index (χ1v) is 8.48. The molecule has 0 aliphatic carbocycles. The van der Waals surface area contributed by atoms with Crippen LogP contribution in [-0.4, -0.2) is 44.4 Å². The number of anilines is 1. The van der Waals surface area contributed by atoms with Gasteiger partial charge < -0.3 is 15.0 Å². The Morgan fingerprint density at radius 3 is 3.05 bits per heavy atom. The highest BCUT2D eigenvalue weighted by Crippen LogP contribution is 2.30. The van der Waals surface area contributed by atoms with Crippen molar-refractivity contribution in [1.82, 2.24) is 5.32 Å². The van der Waals surface area contributed by atoms with Gasteiger partial charge >= 0.3 is 0 Å². The zero-order chi connectivity index (χ0) is 14.4. The molecule has 1 aliphatic rings. The Bertz CT molecular complexity index is 430. The van der Waals surface area contributed by atoms with Crippen molar-refractivity contribution in [3.63, 3.8) is 0 Å². The molecule has 1 fully saturated rings. The van der Waals surface area contributed by atoms with Crippen LogP contribution in [0.1, 0.15) is 12.5 Å². The molecule has 1 aliphatic heterocycles. The lowest BCUT2D eigenvalue weighted by Crippen LogP contribution is -2.36. The molecule has 1 N–H and O–H groups in total. The monoisotopic (exact) mass is 314 g/mol. The second-order valence-corrected chi connectivity index (χ2v) is 7.04. The van der Waals surface area contributed by atoms with E-state index in [1.54, 1.807) is 7.11 Å². The summed E-state index contributed by atoms with van der Waals surface area (Å²) in [4.78, 5) is 2.39. The van der Waals surface area contributed by atoms with E-state index in [4.69, 9.17) is 16.3 Å². The molecule has 0 saturated carbocycles. The Labute approximate surface area is 131 Å². The highest BCUT2D eigenvalue weighted by atomic mass is 35.5. The summed E-state index contributed by atoms with van der Waals surface area (Å²) in [7, 11) is 1.71. The number of rotatable bonds is 6. The molecular weight excluding hydrogens is 292 g/mol. The van der Waals surface area contributed by atoms with Crippen LogP contribution in [0.4, 0.5) is 5.69 Å². The molecule has 0 radical (unpaired) electrons. The SMILES string of the molecule is COCCNCc1ccc(N2CCSC(C)C2)c(Cl)c1. The molecule has 0 amide bonds. The largest absolute Gasteiger partial charge is 0.383 e. The molecular formula is C15H23ClN2OS. The Hall–Kier alpha value is -0.420. The first-order chi connectivity index (χ1) is 9.70. The van der Waals surface area contributed by atoms with Crippen molar-refractivity contribution in [3.05, 3.63) is 28.8 Å². The molecule has 1 saturated heterocycles. The summed E-state index contributed by atoms with van der Waals surface area (Å²) in [5.74, 6) is 1.18. The highest BCUT2D eigenvalue weighted by molar-refractivity contribution is 8.00. The van der Waals surface area contributed by atoms with Crippen molar-refractivity contribution in [2.45, 2.75) is 18.7 Å². The summed E-state index contributed by atoms with van der Waals surface area (Å²) in [5, 5.41) is 4.87.